The van der Waals surface area contributed by atoms with Gasteiger partial charge in [0.25, 0.3) is 5.95 Å². The first-order chi connectivity index (χ1) is 6.17. The molecule has 0 saturated carbocycles. The summed E-state index contributed by atoms with van der Waals surface area (Å²) < 4.78 is 10.5. The number of rotatable bonds is 4. The number of aryl methyl sites for hydroxylation is 1. The molecule has 1 heterocycles. The van der Waals surface area contributed by atoms with E-state index in [4.69, 9.17) is 9.15 Å². The van der Waals surface area contributed by atoms with E-state index in [9.17, 15) is 4.79 Å². The fraction of sp³-hybridized carbons (Fsp3) is 0.500. The quantitative estimate of drug-likeness (QED) is 0.672. The van der Waals surface area contributed by atoms with Crippen molar-refractivity contribution in [2.75, 3.05) is 0 Å². The van der Waals surface area contributed by atoms with Gasteiger partial charge >= 0.3 is 0 Å². The summed E-state index contributed by atoms with van der Waals surface area (Å²) in [6.07, 6.45) is 1.72. The average molecular weight is 182 g/mol. The lowest BCUT2D eigenvalue weighted by Gasteiger charge is -2.08. The Labute approximate surface area is 77.7 Å². The molecule has 72 valence electrons. The Hall–Kier alpha value is -1.25. The van der Waals surface area contributed by atoms with Crippen molar-refractivity contribution in [1.29, 1.82) is 0 Å². The van der Waals surface area contributed by atoms with Crippen LogP contribution in [-0.2, 0) is 0 Å². The molecule has 0 saturated heterocycles. The SMILES string of the molecule is CCC(C)Oc1cc(C)c(C=O)o1. The molecule has 3 nitrogen and oxygen atoms in total. The van der Waals surface area contributed by atoms with Gasteiger partial charge in [-0.2, -0.15) is 0 Å². The topological polar surface area (TPSA) is 39.4 Å². The van der Waals surface area contributed by atoms with Crippen molar-refractivity contribution in [3.8, 4) is 5.95 Å². The van der Waals surface area contributed by atoms with E-state index in [0.717, 1.165) is 12.0 Å². The van der Waals surface area contributed by atoms with Crippen LogP contribution in [0.5, 0.6) is 5.95 Å². The monoisotopic (exact) mass is 182 g/mol. The second kappa shape index (κ2) is 4.12. The normalized spacial score (nSPS) is 12.5. The first-order valence-corrected chi connectivity index (χ1v) is 4.39. The highest BCUT2D eigenvalue weighted by molar-refractivity contribution is 5.73. The van der Waals surface area contributed by atoms with Gasteiger partial charge in [0.1, 0.15) is 0 Å². The van der Waals surface area contributed by atoms with Crippen molar-refractivity contribution in [3.63, 3.8) is 0 Å². The summed E-state index contributed by atoms with van der Waals surface area (Å²) in [5.74, 6) is 0.771. The van der Waals surface area contributed by atoms with Crippen LogP contribution in [0.1, 0.15) is 36.4 Å². The van der Waals surface area contributed by atoms with E-state index in [1.165, 1.54) is 0 Å². The molecule has 0 aliphatic heterocycles. The van der Waals surface area contributed by atoms with Crippen LogP contribution in [-0.4, -0.2) is 12.4 Å². The maximum absolute atomic E-state index is 10.4. The highest BCUT2D eigenvalue weighted by atomic mass is 16.6. The second-order valence-corrected chi connectivity index (χ2v) is 3.07. The van der Waals surface area contributed by atoms with Gasteiger partial charge < -0.3 is 9.15 Å². The molecule has 0 aromatic carbocycles. The van der Waals surface area contributed by atoms with Crippen LogP contribution >= 0.6 is 0 Å². The molecule has 0 bridgehead atoms. The third kappa shape index (κ3) is 2.34. The molecule has 0 fully saturated rings. The maximum atomic E-state index is 10.4. The lowest BCUT2D eigenvalue weighted by Crippen LogP contribution is -2.08. The van der Waals surface area contributed by atoms with Gasteiger partial charge in [-0.15, -0.1) is 0 Å². The molecule has 0 amide bonds. The number of carbonyl (C=O) groups excluding carboxylic acids is 1. The van der Waals surface area contributed by atoms with Crippen molar-refractivity contribution in [1.82, 2.24) is 0 Å². The van der Waals surface area contributed by atoms with Gasteiger partial charge in [-0.3, -0.25) is 4.79 Å². The summed E-state index contributed by atoms with van der Waals surface area (Å²) in [6, 6.07) is 1.73. The van der Waals surface area contributed by atoms with Gasteiger partial charge in [-0.05, 0) is 20.3 Å². The molecule has 0 spiro atoms. The molecule has 1 unspecified atom stereocenters. The molecule has 1 aromatic heterocycles. The summed E-state index contributed by atoms with van der Waals surface area (Å²) in [5, 5.41) is 0. The number of ether oxygens (including phenoxy) is 1. The summed E-state index contributed by atoms with van der Waals surface area (Å²) >= 11 is 0. The minimum Gasteiger partial charge on any atom is -0.462 e. The molecular formula is C10H14O3. The van der Waals surface area contributed by atoms with Crippen LogP contribution in [0.25, 0.3) is 0 Å². The Bertz CT molecular complexity index is 288. The molecule has 1 aromatic rings. The fourth-order valence-corrected chi connectivity index (χ4v) is 0.923. The fourth-order valence-electron chi connectivity index (χ4n) is 0.923. The third-order valence-corrected chi connectivity index (χ3v) is 1.93. The van der Waals surface area contributed by atoms with Gasteiger partial charge in [0.05, 0.1) is 6.10 Å². The molecule has 1 atom stereocenters. The smallest absolute Gasteiger partial charge is 0.285 e. The summed E-state index contributed by atoms with van der Waals surface area (Å²) in [4.78, 5) is 10.4. The van der Waals surface area contributed by atoms with Gasteiger partial charge in [0.15, 0.2) is 12.0 Å². The molecule has 13 heavy (non-hydrogen) atoms. The number of carbonyl (C=O) groups is 1. The molecule has 0 radical (unpaired) electrons. The van der Waals surface area contributed by atoms with E-state index >= 15 is 0 Å². The van der Waals surface area contributed by atoms with E-state index in [1.54, 1.807) is 6.07 Å². The van der Waals surface area contributed by atoms with Crippen LogP contribution in [0.4, 0.5) is 0 Å². The van der Waals surface area contributed by atoms with Crippen LogP contribution in [0.2, 0.25) is 0 Å². The third-order valence-electron chi connectivity index (χ3n) is 1.93. The predicted molar refractivity (Wildman–Crippen MR) is 49.2 cm³/mol. The Morgan fingerprint density at radius 3 is 2.85 bits per heavy atom. The summed E-state index contributed by atoms with van der Waals surface area (Å²) in [7, 11) is 0. The van der Waals surface area contributed by atoms with Crippen LogP contribution in [0.3, 0.4) is 0 Å². The summed E-state index contributed by atoms with van der Waals surface area (Å²) in [5.41, 5.74) is 0.813. The predicted octanol–water partition coefficient (Wildman–Crippen LogP) is 2.58. The van der Waals surface area contributed by atoms with Gasteiger partial charge in [-0.1, -0.05) is 6.92 Å². The number of aldehydes is 1. The van der Waals surface area contributed by atoms with Gasteiger partial charge in [-0.25, -0.2) is 0 Å². The number of furan rings is 1. The Morgan fingerprint density at radius 2 is 2.38 bits per heavy atom. The lowest BCUT2D eigenvalue weighted by atomic mass is 10.3. The van der Waals surface area contributed by atoms with Crippen molar-refractivity contribution >= 4 is 6.29 Å². The zero-order chi connectivity index (χ0) is 9.84. The van der Waals surface area contributed by atoms with Crippen molar-refractivity contribution < 1.29 is 13.9 Å². The zero-order valence-corrected chi connectivity index (χ0v) is 8.16. The molecular weight excluding hydrogens is 168 g/mol. The minimum absolute atomic E-state index is 0.116. The standard InChI is InChI=1S/C10H14O3/c1-4-8(3)12-10-5-7(2)9(6-11)13-10/h5-6,8H,4H2,1-3H3. The molecule has 0 N–H and O–H groups in total. The van der Waals surface area contributed by atoms with Gasteiger partial charge in [0.2, 0.25) is 0 Å². The molecule has 3 heteroatoms. The highest BCUT2D eigenvalue weighted by Gasteiger charge is 2.09. The second-order valence-electron chi connectivity index (χ2n) is 3.07. The first-order valence-electron chi connectivity index (χ1n) is 4.39. The Morgan fingerprint density at radius 1 is 1.69 bits per heavy atom. The van der Waals surface area contributed by atoms with E-state index in [2.05, 4.69) is 0 Å². The van der Waals surface area contributed by atoms with Crippen molar-refractivity contribution in [2.45, 2.75) is 33.3 Å². The molecule has 1 rings (SSSR count). The highest BCUT2D eigenvalue weighted by Crippen LogP contribution is 2.21. The number of hydrogen-bond acceptors (Lipinski definition) is 3. The summed E-state index contributed by atoms with van der Waals surface area (Å²) in [6.45, 7) is 5.80. The molecule has 0 aliphatic rings. The van der Waals surface area contributed by atoms with Crippen molar-refractivity contribution in [2.24, 2.45) is 0 Å². The van der Waals surface area contributed by atoms with E-state index in [1.807, 2.05) is 20.8 Å². The average Bonchev–Trinajstić information content (AvgIpc) is 2.46. The number of hydrogen-bond donors (Lipinski definition) is 0. The van der Waals surface area contributed by atoms with E-state index in [-0.39, 0.29) is 6.10 Å². The van der Waals surface area contributed by atoms with E-state index in [0.29, 0.717) is 18.0 Å². The Balaban J connectivity index is 2.73. The van der Waals surface area contributed by atoms with Crippen LogP contribution < -0.4 is 4.74 Å². The first kappa shape index (κ1) is 9.84. The van der Waals surface area contributed by atoms with Crippen LogP contribution in [0, 0.1) is 6.92 Å². The van der Waals surface area contributed by atoms with Crippen molar-refractivity contribution in [3.05, 3.63) is 17.4 Å². The maximum Gasteiger partial charge on any atom is 0.285 e. The lowest BCUT2D eigenvalue weighted by molar-refractivity contribution is 0.108. The molecule has 0 aliphatic carbocycles. The largest absolute Gasteiger partial charge is 0.462 e. The van der Waals surface area contributed by atoms with E-state index < -0.39 is 0 Å². The van der Waals surface area contributed by atoms with Crippen LogP contribution in [0.15, 0.2) is 10.5 Å². The Kier molecular flexibility index (Phi) is 3.12. The van der Waals surface area contributed by atoms with Gasteiger partial charge in [0, 0.05) is 11.6 Å². The zero-order valence-electron chi connectivity index (χ0n) is 8.16. The minimum atomic E-state index is 0.116.